The van der Waals surface area contributed by atoms with Crippen LogP contribution in [0.15, 0.2) is 24.3 Å². The van der Waals surface area contributed by atoms with Gasteiger partial charge < -0.3 is 0 Å². The van der Waals surface area contributed by atoms with Crippen LogP contribution in [0.3, 0.4) is 0 Å². The van der Waals surface area contributed by atoms with Crippen LogP contribution in [0.4, 0.5) is 0 Å². The van der Waals surface area contributed by atoms with E-state index in [0.717, 1.165) is 6.42 Å². The highest BCUT2D eigenvalue weighted by Crippen LogP contribution is 2.39. The topological polar surface area (TPSA) is 0 Å². The maximum atomic E-state index is 2.52. The first-order valence-corrected chi connectivity index (χ1v) is 13.0. The Hall–Kier alpha value is -1.21. The predicted octanol–water partition coefficient (Wildman–Crippen LogP) is 8.42. The highest BCUT2D eigenvalue weighted by Gasteiger charge is 2.24. The van der Waals surface area contributed by atoms with Gasteiger partial charge in [0.1, 0.15) is 0 Å². The zero-order valence-corrected chi connectivity index (χ0v) is 21.6. The number of thioether (sulfide) groups is 1. The molecule has 0 heterocycles. The number of rotatable bonds is 1. The molecule has 1 aliphatic rings. The molecule has 2 aromatic carbocycles. The van der Waals surface area contributed by atoms with Crippen molar-refractivity contribution in [3.8, 4) is 0 Å². The lowest BCUT2D eigenvalue weighted by molar-refractivity contribution is 0.584. The normalized spacial score (nSPS) is 18.0. The van der Waals surface area contributed by atoms with Gasteiger partial charge in [0.05, 0.1) is 0 Å². The quantitative estimate of drug-likeness (QED) is 0.444. The Kier molecular flexibility index (Phi) is 6.83. The molecule has 0 fully saturated rings. The van der Waals surface area contributed by atoms with E-state index >= 15 is 0 Å². The molecule has 1 aliphatic carbocycles. The van der Waals surface area contributed by atoms with Crippen LogP contribution in [-0.2, 0) is 30.1 Å². The Bertz CT molecular complexity index is 905. The summed E-state index contributed by atoms with van der Waals surface area (Å²) in [5, 5.41) is 0.507. The zero-order chi connectivity index (χ0) is 22.3. The minimum absolute atomic E-state index is 0.187. The lowest BCUT2D eigenvalue weighted by Crippen LogP contribution is -2.16. The van der Waals surface area contributed by atoms with Gasteiger partial charge in [0.2, 0.25) is 0 Å². The Labute approximate surface area is 190 Å². The van der Waals surface area contributed by atoms with Crippen molar-refractivity contribution >= 4 is 11.8 Å². The third kappa shape index (κ3) is 4.98. The minimum Gasteiger partial charge on any atom is -0.157 e. The van der Waals surface area contributed by atoms with E-state index in [0.29, 0.717) is 5.25 Å². The Morgan fingerprint density at radius 3 is 1.67 bits per heavy atom. The van der Waals surface area contributed by atoms with Gasteiger partial charge in [-0.05, 0) is 108 Å². The summed E-state index contributed by atoms with van der Waals surface area (Å²) in [5.41, 5.74) is 12.7. The van der Waals surface area contributed by atoms with E-state index in [1.54, 1.807) is 22.3 Å². The van der Waals surface area contributed by atoms with Gasteiger partial charge in [-0.25, -0.2) is 0 Å². The van der Waals surface area contributed by atoms with Gasteiger partial charge in [-0.15, -0.1) is 0 Å². The molecule has 0 saturated heterocycles. The van der Waals surface area contributed by atoms with Crippen molar-refractivity contribution in [2.45, 2.75) is 104 Å². The van der Waals surface area contributed by atoms with E-state index in [9.17, 15) is 0 Å². The summed E-state index contributed by atoms with van der Waals surface area (Å²) in [6.07, 6.45) is 8.37. The first-order chi connectivity index (χ1) is 13.9. The molecule has 1 unspecified atom stereocenters. The van der Waals surface area contributed by atoms with Gasteiger partial charge in [-0.3, -0.25) is 0 Å². The van der Waals surface area contributed by atoms with Crippen LogP contribution >= 0.6 is 11.8 Å². The third-order valence-electron chi connectivity index (χ3n) is 7.09. The molecular formula is C29H42S. The van der Waals surface area contributed by atoms with E-state index < -0.39 is 0 Å². The number of hydrogen-bond acceptors (Lipinski definition) is 1. The Morgan fingerprint density at radius 1 is 0.700 bits per heavy atom. The SMILES string of the molecule is CSC1Cc2cc(C(C)(C)C)cc(c2C)CCCCc2cc(C(C)(C)C)cc1c2C. The molecule has 0 nitrogen and oxygen atoms in total. The maximum absolute atomic E-state index is 2.52. The average molecular weight is 423 g/mol. The summed E-state index contributed by atoms with van der Waals surface area (Å²) < 4.78 is 0. The molecule has 164 valence electrons. The standard InChI is InChI=1S/C29H42S/c1-19-21-12-10-11-13-22-15-25(29(6,7)8)18-26(20(22)2)27(30-9)17-23(19)16-24(14-21)28(3,4)5/h14-16,18,27H,10-13,17H2,1-9H3. The van der Waals surface area contributed by atoms with Crippen molar-refractivity contribution in [3.63, 3.8) is 0 Å². The molecule has 0 radical (unpaired) electrons. The summed E-state index contributed by atoms with van der Waals surface area (Å²) in [7, 11) is 0. The molecule has 0 N–H and O–H groups in total. The van der Waals surface area contributed by atoms with Gasteiger partial charge in [0.25, 0.3) is 0 Å². The van der Waals surface area contributed by atoms with Crippen molar-refractivity contribution in [3.05, 3.63) is 68.8 Å². The van der Waals surface area contributed by atoms with E-state index in [1.807, 2.05) is 11.8 Å². The van der Waals surface area contributed by atoms with Gasteiger partial charge in [0.15, 0.2) is 0 Å². The van der Waals surface area contributed by atoms with Gasteiger partial charge in [0, 0.05) is 5.25 Å². The average Bonchev–Trinajstić information content (AvgIpc) is 2.64. The van der Waals surface area contributed by atoms with Crippen molar-refractivity contribution < 1.29 is 0 Å². The number of benzene rings is 2. The van der Waals surface area contributed by atoms with Crippen LogP contribution in [-0.4, -0.2) is 6.26 Å². The van der Waals surface area contributed by atoms with Crippen molar-refractivity contribution in [2.75, 3.05) is 6.26 Å². The highest BCUT2D eigenvalue weighted by atomic mass is 32.2. The molecule has 1 atom stereocenters. The Morgan fingerprint density at radius 2 is 1.17 bits per heavy atom. The molecule has 0 saturated carbocycles. The van der Waals surface area contributed by atoms with Crippen molar-refractivity contribution in [2.24, 2.45) is 0 Å². The molecule has 3 rings (SSSR count). The molecule has 0 spiro atoms. The van der Waals surface area contributed by atoms with Crippen molar-refractivity contribution in [1.29, 1.82) is 0 Å². The van der Waals surface area contributed by atoms with E-state index in [1.165, 1.54) is 47.9 Å². The van der Waals surface area contributed by atoms with Crippen LogP contribution in [0.25, 0.3) is 0 Å². The number of hydrogen-bond donors (Lipinski definition) is 0. The summed E-state index contributed by atoms with van der Waals surface area (Å²) in [5.74, 6) is 0. The largest absolute Gasteiger partial charge is 0.157 e. The minimum atomic E-state index is 0.187. The molecule has 0 aromatic heterocycles. The first kappa shape index (κ1) is 23.5. The smallest absolute Gasteiger partial charge is 0.0337 e. The van der Waals surface area contributed by atoms with Gasteiger partial charge in [-0.2, -0.15) is 11.8 Å². The highest BCUT2D eigenvalue weighted by molar-refractivity contribution is 7.98. The molecule has 0 aliphatic heterocycles. The van der Waals surface area contributed by atoms with Gasteiger partial charge >= 0.3 is 0 Å². The van der Waals surface area contributed by atoms with Crippen LogP contribution in [0.1, 0.15) is 104 Å². The zero-order valence-electron chi connectivity index (χ0n) is 20.8. The van der Waals surface area contributed by atoms with Crippen LogP contribution < -0.4 is 0 Å². The monoisotopic (exact) mass is 422 g/mol. The van der Waals surface area contributed by atoms with Crippen molar-refractivity contribution in [1.82, 2.24) is 0 Å². The molecule has 4 bridgehead atoms. The summed E-state index contributed by atoms with van der Waals surface area (Å²) in [6.45, 7) is 18.8. The molecule has 30 heavy (non-hydrogen) atoms. The van der Waals surface area contributed by atoms with Crippen LogP contribution in [0, 0.1) is 13.8 Å². The van der Waals surface area contributed by atoms with Gasteiger partial charge in [-0.1, -0.05) is 65.8 Å². The summed E-state index contributed by atoms with van der Waals surface area (Å²) in [4.78, 5) is 0. The second-order valence-corrected chi connectivity index (χ2v) is 12.4. The fourth-order valence-corrected chi connectivity index (χ4v) is 5.57. The second-order valence-electron chi connectivity index (χ2n) is 11.4. The maximum Gasteiger partial charge on any atom is 0.0337 e. The second kappa shape index (κ2) is 8.73. The van der Waals surface area contributed by atoms with E-state index in [-0.39, 0.29) is 10.8 Å². The third-order valence-corrected chi connectivity index (χ3v) is 8.08. The lowest BCUT2D eigenvalue weighted by Gasteiger charge is -2.28. The molecule has 2 aromatic rings. The Balaban J connectivity index is 2.19. The molecular weight excluding hydrogens is 380 g/mol. The van der Waals surface area contributed by atoms with E-state index in [4.69, 9.17) is 0 Å². The summed E-state index contributed by atoms with van der Waals surface area (Å²) in [6, 6.07) is 10.0. The molecule has 0 amide bonds. The van der Waals surface area contributed by atoms with Crippen LogP contribution in [0.2, 0.25) is 0 Å². The fraction of sp³-hybridized carbons (Fsp3) is 0.586. The first-order valence-electron chi connectivity index (χ1n) is 11.7. The fourth-order valence-electron chi connectivity index (χ4n) is 4.72. The summed E-state index contributed by atoms with van der Waals surface area (Å²) >= 11 is 2.02. The number of fused-ring (bicyclic) bond motifs is 4. The number of aryl methyl sites for hydroxylation is 2. The van der Waals surface area contributed by atoms with Crippen LogP contribution in [0.5, 0.6) is 0 Å². The predicted molar refractivity (Wildman–Crippen MR) is 136 cm³/mol. The lowest BCUT2D eigenvalue weighted by atomic mass is 9.79. The van der Waals surface area contributed by atoms with E-state index in [2.05, 4.69) is 85.9 Å². The molecule has 1 heteroatoms.